The van der Waals surface area contributed by atoms with E-state index >= 15 is 0 Å². The van der Waals surface area contributed by atoms with E-state index in [2.05, 4.69) is 14.9 Å². The second kappa shape index (κ2) is 5.76. The topological polar surface area (TPSA) is 98.2 Å². The Bertz CT molecular complexity index is 720. The molecule has 0 saturated carbocycles. The summed E-state index contributed by atoms with van der Waals surface area (Å²) in [5.41, 5.74) is 7.96. The number of aromatic nitrogens is 2. The molecular weight excluding hydrogens is 306 g/mol. The number of benzene rings is 1. The molecule has 3 rings (SSSR count). The van der Waals surface area contributed by atoms with Crippen LogP contribution in [0.25, 0.3) is 0 Å². The minimum absolute atomic E-state index is 0.0292. The number of hydrogen-bond donors (Lipinski definition) is 1. The number of anilines is 2. The van der Waals surface area contributed by atoms with E-state index in [1.165, 1.54) is 6.20 Å². The average molecular weight is 320 g/mol. The van der Waals surface area contributed by atoms with E-state index in [9.17, 15) is 10.1 Å². The van der Waals surface area contributed by atoms with Crippen LogP contribution in [-0.2, 0) is 12.8 Å². The summed E-state index contributed by atoms with van der Waals surface area (Å²) < 4.78 is 0. The van der Waals surface area contributed by atoms with Gasteiger partial charge in [0.15, 0.2) is 0 Å². The molecule has 2 N–H and O–H groups in total. The minimum atomic E-state index is -0.442. The summed E-state index contributed by atoms with van der Waals surface area (Å²) in [6.45, 7) is 1.46. The summed E-state index contributed by atoms with van der Waals surface area (Å²) >= 11 is 5.75. The molecule has 2 heterocycles. The van der Waals surface area contributed by atoms with E-state index < -0.39 is 4.92 Å². The third-order valence-corrected chi connectivity index (χ3v) is 3.97. The Balaban J connectivity index is 1.86. The maximum absolute atomic E-state index is 11.0. The summed E-state index contributed by atoms with van der Waals surface area (Å²) in [4.78, 5) is 20.9. The predicted molar refractivity (Wildman–Crippen MR) is 84.2 cm³/mol. The van der Waals surface area contributed by atoms with Crippen molar-refractivity contribution in [2.75, 3.05) is 23.7 Å². The van der Waals surface area contributed by atoms with Crippen molar-refractivity contribution in [1.29, 1.82) is 0 Å². The molecule has 0 saturated heterocycles. The lowest BCUT2D eigenvalue weighted by atomic mass is 10.0. The zero-order valence-electron chi connectivity index (χ0n) is 11.7. The molecule has 1 aromatic carbocycles. The summed E-state index contributed by atoms with van der Waals surface area (Å²) in [5.74, 6) is 0.750. The third-order valence-electron chi connectivity index (χ3n) is 3.78. The van der Waals surface area contributed by atoms with Crippen LogP contribution in [0.15, 0.2) is 24.5 Å². The summed E-state index contributed by atoms with van der Waals surface area (Å²) in [6, 6.07) is 3.30. The first-order valence-electron chi connectivity index (χ1n) is 6.83. The lowest BCUT2D eigenvalue weighted by Gasteiger charge is -2.20. The van der Waals surface area contributed by atoms with Gasteiger partial charge in [0.1, 0.15) is 16.7 Å². The van der Waals surface area contributed by atoms with Crippen LogP contribution in [0.1, 0.15) is 11.1 Å². The fraction of sp³-hybridized carbons (Fsp3) is 0.286. The van der Waals surface area contributed by atoms with E-state index in [-0.39, 0.29) is 11.4 Å². The fourth-order valence-electron chi connectivity index (χ4n) is 2.64. The van der Waals surface area contributed by atoms with Gasteiger partial charge in [-0.15, -0.1) is 0 Å². The quantitative estimate of drug-likeness (QED) is 0.518. The molecule has 0 bridgehead atoms. The van der Waals surface area contributed by atoms with Gasteiger partial charge in [-0.3, -0.25) is 10.1 Å². The first kappa shape index (κ1) is 14.5. The molecule has 22 heavy (non-hydrogen) atoms. The van der Waals surface area contributed by atoms with Crippen LogP contribution in [-0.4, -0.2) is 28.0 Å². The zero-order chi connectivity index (χ0) is 15.7. The highest BCUT2D eigenvalue weighted by Crippen LogP contribution is 2.28. The normalized spacial score (nSPS) is 14.3. The lowest BCUT2D eigenvalue weighted by molar-refractivity contribution is -0.384. The van der Waals surface area contributed by atoms with Gasteiger partial charge in [-0.2, -0.15) is 0 Å². The molecule has 0 atom stereocenters. The predicted octanol–water partition coefficient (Wildman–Crippen LogP) is 2.23. The molecule has 0 aliphatic carbocycles. The Morgan fingerprint density at radius 1 is 1.18 bits per heavy atom. The van der Waals surface area contributed by atoms with Crippen molar-refractivity contribution in [3.63, 3.8) is 0 Å². The molecule has 0 radical (unpaired) electrons. The number of nitro benzene ring substituents is 1. The van der Waals surface area contributed by atoms with E-state index in [1.807, 2.05) is 0 Å². The van der Waals surface area contributed by atoms with Gasteiger partial charge >= 0.3 is 0 Å². The number of rotatable bonds is 2. The number of nitro groups is 1. The van der Waals surface area contributed by atoms with Crippen LogP contribution in [0.3, 0.4) is 0 Å². The van der Waals surface area contributed by atoms with Gasteiger partial charge < -0.3 is 10.6 Å². The van der Waals surface area contributed by atoms with Gasteiger partial charge in [-0.05, 0) is 30.0 Å². The second-order valence-electron chi connectivity index (χ2n) is 5.12. The van der Waals surface area contributed by atoms with Gasteiger partial charge in [-0.1, -0.05) is 11.6 Å². The van der Waals surface area contributed by atoms with Gasteiger partial charge in [0.25, 0.3) is 5.69 Å². The molecule has 8 heteroatoms. The van der Waals surface area contributed by atoms with Gasteiger partial charge in [0.05, 0.1) is 17.3 Å². The molecule has 0 unspecified atom stereocenters. The molecule has 1 aliphatic heterocycles. The SMILES string of the molecule is Nc1cc2c(cc1[N+](=O)[O-])CCN(c1cnc(Cl)cn1)CC2. The highest BCUT2D eigenvalue weighted by atomic mass is 35.5. The molecule has 1 aliphatic rings. The average Bonchev–Trinajstić information content (AvgIpc) is 2.69. The van der Waals surface area contributed by atoms with Crippen molar-refractivity contribution in [3.05, 3.63) is 50.9 Å². The Morgan fingerprint density at radius 2 is 1.86 bits per heavy atom. The summed E-state index contributed by atoms with van der Waals surface area (Å²) in [6.07, 6.45) is 4.59. The van der Waals surface area contributed by atoms with E-state index in [4.69, 9.17) is 17.3 Å². The Hall–Kier alpha value is -2.41. The third kappa shape index (κ3) is 2.80. The number of halogens is 1. The van der Waals surface area contributed by atoms with Gasteiger partial charge in [-0.25, -0.2) is 9.97 Å². The van der Waals surface area contributed by atoms with Gasteiger partial charge in [0.2, 0.25) is 0 Å². The smallest absolute Gasteiger partial charge is 0.292 e. The zero-order valence-corrected chi connectivity index (χ0v) is 12.5. The maximum atomic E-state index is 11.0. The van der Waals surface area contributed by atoms with Crippen LogP contribution in [0.2, 0.25) is 5.15 Å². The monoisotopic (exact) mass is 319 g/mol. The van der Waals surface area contributed by atoms with Gasteiger partial charge in [0, 0.05) is 19.2 Å². The Labute approximate surface area is 131 Å². The second-order valence-corrected chi connectivity index (χ2v) is 5.51. The Kier molecular flexibility index (Phi) is 3.81. The minimum Gasteiger partial charge on any atom is -0.393 e. The van der Waals surface area contributed by atoms with Crippen molar-refractivity contribution in [1.82, 2.24) is 9.97 Å². The first-order valence-corrected chi connectivity index (χ1v) is 7.20. The van der Waals surface area contributed by atoms with Crippen LogP contribution in [0.4, 0.5) is 17.2 Å². The summed E-state index contributed by atoms with van der Waals surface area (Å²) in [5, 5.41) is 11.3. The fourth-order valence-corrected chi connectivity index (χ4v) is 2.74. The lowest BCUT2D eigenvalue weighted by Crippen LogP contribution is -2.26. The maximum Gasteiger partial charge on any atom is 0.292 e. The molecule has 1 aromatic heterocycles. The molecule has 0 amide bonds. The molecule has 0 fully saturated rings. The first-order chi connectivity index (χ1) is 10.5. The molecule has 2 aromatic rings. The number of nitrogen functional groups attached to an aromatic ring is 1. The largest absolute Gasteiger partial charge is 0.393 e. The van der Waals surface area contributed by atoms with E-state index in [0.29, 0.717) is 18.1 Å². The van der Waals surface area contributed by atoms with Crippen molar-refractivity contribution in [2.24, 2.45) is 0 Å². The molecular formula is C14H14ClN5O2. The van der Waals surface area contributed by atoms with E-state index in [1.54, 1.807) is 18.3 Å². The van der Waals surface area contributed by atoms with Crippen molar-refractivity contribution in [3.8, 4) is 0 Å². The van der Waals surface area contributed by atoms with Crippen LogP contribution < -0.4 is 10.6 Å². The number of nitrogens with zero attached hydrogens (tertiary/aromatic N) is 4. The number of fused-ring (bicyclic) bond motifs is 1. The van der Waals surface area contributed by atoms with Crippen molar-refractivity contribution >= 4 is 28.8 Å². The van der Waals surface area contributed by atoms with Crippen molar-refractivity contribution in [2.45, 2.75) is 12.8 Å². The Morgan fingerprint density at radius 3 is 2.45 bits per heavy atom. The van der Waals surface area contributed by atoms with E-state index in [0.717, 1.165) is 29.9 Å². The van der Waals surface area contributed by atoms with Crippen molar-refractivity contribution < 1.29 is 4.92 Å². The van der Waals surface area contributed by atoms with Crippen LogP contribution in [0, 0.1) is 10.1 Å². The summed E-state index contributed by atoms with van der Waals surface area (Å²) in [7, 11) is 0. The highest BCUT2D eigenvalue weighted by Gasteiger charge is 2.20. The van der Waals surface area contributed by atoms with Crippen LogP contribution >= 0.6 is 11.6 Å². The molecule has 114 valence electrons. The highest BCUT2D eigenvalue weighted by molar-refractivity contribution is 6.29. The standard InChI is InChI=1S/C14H14ClN5O2/c15-13-7-18-14(8-17-13)19-3-1-9-5-11(16)12(20(21)22)6-10(9)2-4-19/h5-8H,1-4,16H2. The molecule has 7 nitrogen and oxygen atoms in total. The molecule has 0 spiro atoms. The number of hydrogen-bond acceptors (Lipinski definition) is 6. The number of nitrogens with two attached hydrogens (primary N) is 1. The van der Waals surface area contributed by atoms with Crippen LogP contribution in [0.5, 0.6) is 0 Å².